The molecule has 0 heterocycles. The molecule has 0 unspecified atom stereocenters. The summed E-state index contributed by atoms with van der Waals surface area (Å²) >= 11 is 3.62. The second-order valence-corrected chi connectivity index (χ2v) is 6.42. The highest BCUT2D eigenvalue weighted by Crippen LogP contribution is 2.38. The van der Waals surface area contributed by atoms with Crippen molar-refractivity contribution in [1.82, 2.24) is 0 Å². The van der Waals surface area contributed by atoms with E-state index in [1.54, 1.807) is 0 Å². The summed E-state index contributed by atoms with van der Waals surface area (Å²) in [6.45, 7) is 2.36. The van der Waals surface area contributed by atoms with Crippen LogP contribution in [0.15, 0.2) is 22.7 Å². The SMILES string of the molecule is N#Cc1ccc(N(CC2CC2)CC2CC2)c(Br)c1. The Balaban J connectivity index is 1.80. The van der Waals surface area contributed by atoms with Crippen LogP contribution < -0.4 is 4.90 Å². The van der Waals surface area contributed by atoms with Gasteiger partial charge in [-0.15, -0.1) is 0 Å². The lowest BCUT2D eigenvalue weighted by Gasteiger charge is -2.26. The summed E-state index contributed by atoms with van der Waals surface area (Å²) in [7, 11) is 0. The number of anilines is 1. The maximum absolute atomic E-state index is 8.92. The van der Waals surface area contributed by atoms with E-state index in [9.17, 15) is 0 Å². The fourth-order valence-corrected chi connectivity index (χ4v) is 2.96. The van der Waals surface area contributed by atoms with Crippen molar-refractivity contribution in [2.24, 2.45) is 11.8 Å². The highest BCUT2D eigenvalue weighted by molar-refractivity contribution is 9.10. The third kappa shape index (κ3) is 2.87. The van der Waals surface area contributed by atoms with Crippen LogP contribution in [0.4, 0.5) is 5.69 Å². The molecule has 18 heavy (non-hydrogen) atoms. The molecule has 1 aromatic carbocycles. The van der Waals surface area contributed by atoms with Gasteiger partial charge in [0, 0.05) is 17.6 Å². The molecule has 2 fully saturated rings. The average molecular weight is 305 g/mol. The molecular formula is C15H17BrN2. The second kappa shape index (κ2) is 4.93. The van der Waals surface area contributed by atoms with Crippen LogP contribution in [0.2, 0.25) is 0 Å². The van der Waals surface area contributed by atoms with Crippen molar-refractivity contribution < 1.29 is 0 Å². The molecular weight excluding hydrogens is 288 g/mol. The Labute approximate surface area is 117 Å². The molecule has 2 aliphatic rings. The molecule has 3 rings (SSSR count). The summed E-state index contributed by atoms with van der Waals surface area (Å²) in [5, 5.41) is 8.92. The van der Waals surface area contributed by atoms with E-state index in [1.807, 2.05) is 12.1 Å². The minimum absolute atomic E-state index is 0.725. The van der Waals surface area contributed by atoms with Gasteiger partial charge in [0.05, 0.1) is 17.3 Å². The minimum atomic E-state index is 0.725. The van der Waals surface area contributed by atoms with Crippen LogP contribution in [0.5, 0.6) is 0 Å². The van der Waals surface area contributed by atoms with Gasteiger partial charge in [-0.2, -0.15) is 5.26 Å². The normalized spacial score (nSPS) is 18.4. The van der Waals surface area contributed by atoms with Crippen LogP contribution in [0.25, 0.3) is 0 Å². The first-order valence-corrected chi connectivity index (χ1v) is 7.50. The lowest BCUT2D eigenvalue weighted by molar-refractivity contribution is 0.678. The van der Waals surface area contributed by atoms with Crippen molar-refractivity contribution in [3.8, 4) is 6.07 Å². The van der Waals surface area contributed by atoms with Crippen molar-refractivity contribution in [1.29, 1.82) is 5.26 Å². The Morgan fingerprint density at radius 3 is 2.22 bits per heavy atom. The van der Waals surface area contributed by atoms with E-state index in [0.717, 1.165) is 21.9 Å². The molecule has 0 spiro atoms. The van der Waals surface area contributed by atoms with Crippen molar-refractivity contribution in [2.75, 3.05) is 18.0 Å². The Hall–Kier alpha value is -1.01. The first-order valence-electron chi connectivity index (χ1n) is 6.71. The highest BCUT2D eigenvalue weighted by atomic mass is 79.9. The number of hydrogen-bond donors (Lipinski definition) is 0. The third-order valence-corrected chi connectivity index (χ3v) is 4.40. The van der Waals surface area contributed by atoms with Crippen molar-refractivity contribution in [2.45, 2.75) is 25.7 Å². The number of nitriles is 1. The van der Waals surface area contributed by atoms with Gasteiger partial charge in [-0.3, -0.25) is 0 Å². The Bertz CT molecular complexity index is 470. The van der Waals surface area contributed by atoms with Gasteiger partial charge in [-0.05, 0) is 71.6 Å². The van der Waals surface area contributed by atoms with E-state index in [1.165, 1.54) is 44.5 Å². The average Bonchev–Trinajstić information content (AvgIpc) is 3.23. The zero-order valence-electron chi connectivity index (χ0n) is 10.4. The molecule has 0 aliphatic heterocycles. The summed E-state index contributed by atoms with van der Waals surface area (Å²) in [5.74, 6) is 1.79. The zero-order chi connectivity index (χ0) is 12.5. The van der Waals surface area contributed by atoms with E-state index in [0.29, 0.717) is 0 Å². The predicted molar refractivity (Wildman–Crippen MR) is 76.5 cm³/mol. The number of halogens is 1. The largest absolute Gasteiger partial charge is 0.370 e. The smallest absolute Gasteiger partial charge is 0.0992 e. The fourth-order valence-electron chi connectivity index (χ4n) is 2.33. The summed E-state index contributed by atoms with van der Waals surface area (Å²) in [4.78, 5) is 2.51. The van der Waals surface area contributed by atoms with E-state index < -0.39 is 0 Å². The predicted octanol–water partition coefficient (Wildman–Crippen LogP) is 3.95. The minimum Gasteiger partial charge on any atom is -0.370 e. The van der Waals surface area contributed by atoms with E-state index in [2.05, 4.69) is 33.0 Å². The van der Waals surface area contributed by atoms with Gasteiger partial charge in [0.1, 0.15) is 0 Å². The molecule has 0 radical (unpaired) electrons. The maximum atomic E-state index is 8.92. The van der Waals surface area contributed by atoms with Gasteiger partial charge in [0.25, 0.3) is 0 Å². The molecule has 1 aromatic rings. The van der Waals surface area contributed by atoms with Gasteiger partial charge in [-0.25, -0.2) is 0 Å². The van der Waals surface area contributed by atoms with Gasteiger partial charge in [-0.1, -0.05) is 0 Å². The molecule has 0 aromatic heterocycles. The topological polar surface area (TPSA) is 27.0 Å². The molecule has 0 bridgehead atoms. The van der Waals surface area contributed by atoms with E-state index >= 15 is 0 Å². The standard InChI is InChI=1S/C15H17BrN2/c16-14-7-13(8-17)5-6-15(14)18(9-11-1-2-11)10-12-3-4-12/h5-7,11-12H,1-4,9-10H2. The lowest BCUT2D eigenvalue weighted by Crippen LogP contribution is -2.28. The highest BCUT2D eigenvalue weighted by Gasteiger charge is 2.29. The molecule has 0 N–H and O–H groups in total. The summed E-state index contributed by atoms with van der Waals surface area (Å²) < 4.78 is 1.06. The molecule has 2 nitrogen and oxygen atoms in total. The van der Waals surface area contributed by atoms with Crippen LogP contribution in [0, 0.1) is 23.2 Å². The van der Waals surface area contributed by atoms with Gasteiger partial charge >= 0.3 is 0 Å². The van der Waals surface area contributed by atoms with E-state index in [-0.39, 0.29) is 0 Å². The van der Waals surface area contributed by atoms with Crippen LogP contribution >= 0.6 is 15.9 Å². The molecule has 0 saturated heterocycles. The van der Waals surface area contributed by atoms with Gasteiger partial charge in [0.15, 0.2) is 0 Å². The maximum Gasteiger partial charge on any atom is 0.0992 e. The van der Waals surface area contributed by atoms with E-state index in [4.69, 9.17) is 5.26 Å². The van der Waals surface area contributed by atoms with Gasteiger partial charge in [0.2, 0.25) is 0 Å². The number of hydrogen-bond acceptors (Lipinski definition) is 2. The molecule has 2 aliphatic carbocycles. The first-order chi connectivity index (χ1) is 8.76. The number of nitrogens with zero attached hydrogens (tertiary/aromatic N) is 2. The lowest BCUT2D eigenvalue weighted by atomic mass is 10.2. The Morgan fingerprint density at radius 1 is 1.17 bits per heavy atom. The summed E-state index contributed by atoms with van der Waals surface area (Å²) in [6, 6.07) is 8.14. The van der Waals surface area contributed by atoms with Crippen molar-refractivity contribution in [3.05, 3.63) is 28.2 Å². The van der Waals surface area contributed by atoms with Crippen LogP contribution in [0.3, 0.4) is 0 Å². The molecule has 2 saturated carbocycles. The second-order valence-electron chi connectivity index (χ2n) is 5.57. The van der Waals surface area contributed by atoms with Crippen LogP contribution in [0.1, 0.15) is 31.2 Å². The molecule has 0 atom stereocenters. The molecule has 0 amide bonds. The van der Waals surface area contributed by atoms with Crippen LogP contribution in [-0.4, -0.2) is 13.1 Å². The fraction of sp³-hybridized carbons (Fsp3) is 0.533. The van der Waals surface area contributed by atoms with Crippen LogP contribution in [-0.2, 0) is 0 Å². The number of benzene rings is 1. The summed E-state index contributed by atoms with van der Waals surface area (Å²) in [5.41, 5.74) is 1.98. The first kappa shape index (κ1) is 12.0. The molecule has 3 heteroatoms. The van der Waals surface area contributed by atoms with Gasteiger partial charge < -0.3 is 4.90 Å². The van der Waals surface area contributed by atoms with Crippen molar-refractivity contribution in [3.63, 3.8) is 0 Å². The monoisotopic (exact) mass is 304 g/mol. The number of rotatable bonds is 5. The Kier molecular flexibility index (Phi) is 3.30. The third-order valence-electron chi connectivity index (χ3n) is 3.77. The summed E-state index contributed by atoms with van der Waals surface area (Å²) in [6.07, 6.45) is 5.54. The molecule has 94 valence electrons. The Morgan fingerprint density at radius 2 is 1.78 bits per heavy atom. The zero-order valence-corrected chi connectivity index (χ0v) is 12.0. The quantitative estimate of drug-likeness (QED) is 0.823. The van der Waals surface area contributed by atoms with Crippen molar-refractivity contribution >= 4 is 21.6 Å².